The van der Waals surface area contributed by atoms with Gasteiger partial charge in [-0.15, -0.1) is 0 Å². The van der Waals surface area contributed by atoms with E-state index in [0.717, 1.165) is 13.1 Å². The number of amides is 1. The van der Waals surface area contributed by atoms with Crippen LogP contribution in [0.1, 0.15) is 27.4 Å². The smallest absolute Gasteiger partial charge is 0.289 e. The highest BCUT2D eigenvalue weighted by Crippen LogP contribution is 2.24. The largest absolute Gasteiger partial charge is 0.455 e. The van der Waals surface area contributed by atoms with Gasteiger partial charge in [0.05, 0.1) is 16.6 Å². The number of rotatable bonds is 5. The zero-order chi connectivity index (χ0) is 22.0. The van der Waals surface area contributed by atoms with E-state index in [1.165, 1.54) is 16.8 Å². The molecule has 1 amide bonds. The van der Waals surface area contributed by atoms with E-state index >= 15 is 0 Å². The number of aryl methyl sites for hydroxylation is 1. The molecular weight excluding hydrogens is 432 g/mol. The van der Waals surface area contributed by atoms with Gasteiger partial charge in [0.25, 0.3) is 5.91 Å². The van der Waals surface area contributed by atoms with E-state index in [4.69, 9.17) is 16.0 Å². The molecule has 1 fully saturated rings. The predicted molar refractivity (Wildman–Crippen MR) is 124 cm³/mol. The number of hydrogen-bond donors (Lipinski definition) is 0. The van der Waals surface area contributed by atoms with Crippen molar-refractivity contribution in [1.82, 2.24) is 4.90 Å². The summed E-state index contributed by atoms with van der Waals surface area (Å²) in [6.45, 7) is 7.10. The van der Waals surface area contributed by atoms with Gasteiger partial charge in [0, 0.05) is 41.8 Å². The molecule has 0 bridgehead atoms. The van der Waals surface area contributed by atoms with Crippen LogP contribution in [0.2, 0.25) is 5.02 Å². The summed E-state index contributed by atoms with van der Waals surface area (Å²) in [6.07, 6.45) is 0. The number of anilines is 1. The normalized spacial score (nSPS) is 15.2. The summed E-state index contributed by atoms with van der Waals surface area (Å²) in [6, 6.07) is 16.6. The summed E-state index contributed by atoms with van der Waals surface area (Å²) in [5, 5.41) is 0.601. The summed E-state index contributed by atoms with van der Waals surface area (Å²) in [7, 11) is -1.26. The van der Waals surface area contributed by atoms with Crippen molar-refractivity contribution in [2.45, 2.75) is 24.5 Å². The summed E-state index contributed by atoms with van der Waals surface area (Å²) in [4.78, 5) is 17.7. The lowest BCUT2D eigenvalue weighted by Gasteiger charge is -2.36. The van der Waals surface area contributed by atoms with E-state index in [9.17, 15) is 9.00 Å². The van der Waals surface area contributed by atoms with Gasteiger partial charge in [0.2, 0.25) is 0 Å². The minimum absolute atomic E-state index is 0.121. The third-order valence-electron chi connectivity index (χ3n) is 5.71. The third kappa shape index (κ3) is 4.86. The molecule has 1 aliphatic heterocycles. The highest BCUT2D eigenvalue weighted by atomic mass is 35.5. The Morgan fingerprint density at radius 1 is 1.00 bits per heavy atom. The molecule has 0 aliphatic carbocycles. The van der Waals surface area contributed by atoms with Gasteiger partial charge >= 0.3 is 0 Å². The Hall–Kier alpha value is -2.57. The Balaban J connectivity index is 1.36. The molecule has 162 valence electrons. The lowest BCUT2D eigenvalue weighted by atomic mass is 10.1. The Kier molecular flexibility index (Phi) is 6.49. The van der Waals surface area contributed by atoms with Gasteiger partial charge in [-0.2, -0.15) is 0 Å². The monoisotopic (exact) mass is 456 g/mol. The quantitative estimate of drug-likeness (QED) is 0.552. The van der Waals surface area contributed by atoms with E-state index < -0.39 is 10.8 Å². The molecule has 1 aromatic heterocycles. The topological polar surface area (TPSA) is 53.8 Å². The van der Waals surface area contributed by atoms with Crippen molar-refractivity contribution < 1.29 is 13.4 Å². The first kappa shape index (κ1) is 21.7. The molecule has 5 nitrogen and oxygen atoms in total. The molecule has 1 unspecified atom stereocenters. The van der Waals surface area contributed by atoms with Crippen molar-refractivity contribution >= 4 is 34.0 Å². The van der Waals surface area contributed by atoms with Crippen LogP contribution in [0.5, 0.6) is 0 Å². The molecule has 7 heteroatoms. The number of nitrogens with zero attached hydrogens (tertiary/aromatic N) is 2. The molecule has 3 aromatic rings. The molecule has 0 spiro atoms. The van der Waals surface area contributed by atoms with Crippen LogP contribution in [-0.2, 0) is 16.6 Å². The molecule has 31 heavy (non-hydrogen) atoms. The summed E-state index contributed by atoms with van der Waals surface area (Å²) in [5.41, 5.74) is 3.79. The summed E-state index contributed by atoms with van der Waals surface area (Å²) < 4.78 is 18.3. The first-order valence-corrected chi connectivity index (χ1v) is 11.9. The molecule has 1 atom stereocenters. The Bertz CT molecular complexity index is 1100. The van der Waals surface area contributed by atoms with Crippen LogP contribution in [0.3, 0.4) is 0 Å². The zero-order valence-corrected chi connectivity index (χ0v) is 19.2. The predicted octanol–water partition coefficient (Wildman–Crippen LogP) is 4.82. The minimum atomic E-state index is -1.26. The maximum atomic E-state index is 12.9. The Labute approximate surface area is 190 Å². The van der Waals surface area contributed by atoms with Crippen molar-refractivity contribution in [3.8, 4) is 0 Å². The van der Waals surface area contributed by atoms with Crippen LogP contribution in [0, 0.1) is 13.8 Å². The van der Waals surface area contributed by atoms with Gasteiger partial charge in [-0.3, -0.25) is 9.00 Å². The molecule has 1 aliphatic rings. The fraction of sp³-hybridized carbons (Fsp3) is 0.292. The maximum absolute atomic E-state index is 12.9. The highest BCUT2D eigenvalue weighted by molar-refractivity contribution is 7.84. The average molecular weight is 457 g/mol. The number of furan rings is 1. The van der Waals surface area contributed by atoms with Crippen LogP contribution in [0.4, 0.5) is 5.69 Å². The van der Waals surface area contributed by atoms with E-state index in [2.05, 4.69) is 36.9 Å². The van der Waals surface area contributed by atoms with Crippen molar-refractivity contribution in [1.29, 1.82) is 0 Å². The molecule has 2 heterocycles. The SMILES string of the molecule is Cc1cccc(N2CCN(C(=O)c3ccc(CS(=O)c4ccc(Cl)cc4)o3)CC2)c1C. The standard InChI is InChI=1S/C24H25ClN2O3S/c1-17-4-3-5-22(18(17)2)26-12-14-27(15-13-26)24(28)23-11-8-20(30-23)16-31(29)21-9-6-19(25)7-10-21/h3-11H,12-16H2,1-2H3. The maximum Gasteiger partial charge on any atom is 0.289 e. The van der Waals surface area contributed by atoms with Gasteiger partial charge in [-0.1, -0.05) is 23.7 Å². The van der Waals surface area contributed by atoms with Crippen LogP contribution < -0.4 is 4.90 Å². The van der Waals surface area contributed by atoms with Crippen molar-refractivity contribution in [3.05, 3.63) is 82.3 Å². The zero-order valence-electron chi connectivity index (χ0n) is 17.6. The molecule has 2 aromatic carbocycles. The number of carbonyl (C=O) groups excluding carboxylic acids is 1. The second kappa shape index (κ2) is 9.28. The molecular formula is C24H25ClN2O3S. The number of carbonyl (C=O) groups is 1. The number of benzene rings is 2. The van der Waals surface area contributed by atoms with Crippen molar-refractivity contribution in [2.24, 2.45) is 0 Å². The van der Waals surface area contributed by atoms with Crippen molar-refractivity contribution in [3.63, 3.8) is 0 Å². The van der Waals surface area contributed by atoms with E-state index in [-0.39, 0.29) is 11.7 Å². The van der Waals surface area contributed by atoms with Gasteiger partial charge in [-0.05, 0) is 67.4 Å². The molecule has 0 radical (unpaired) electrons. The van der Waals surface area contributed by atoms with Gasteiger partial charge in [0.15, 0.2) is 5.76 Å². The third-order valence-corrected chi connectivity index (χ3v) is 7.30. The lowest BCUT2D eigenvalue weighted by Crippen LogP contribution is -2.49. The Morgan fingerprint density at radius 2 is 1.71 bits per heavy atom. The summed E-state index contributed by atoms with van der Waals surface area (Å²) in [5.74, 6) is 0.924. The first-order chi connectivity index (χ1) is 14.9. The fourth-order valence-electron chi connectivity index (χ4n) is 3.75. The number of piperazine rings is 1. The van der Waals surface area contributed by atoms with Crippen molar-refractivity contribution in [2.75, 3.05) is 31.1 Å². The summed E-state index contributed by atoms with van der Waals surface area (Å²) >= 11 is 5.88. The molecule has 0 saturated carbocycles. The fourth-order valence-corrected chi connectivity index (χ4v) is 4.90. The lowest BCUT2D eigenvalue weighted by molar-refractivity contribution is 0.0713. The first-order valence-electron chi connectivity index (χ1n) is 10.3. The molecule has 1 saturated heterocycles. The van der Waals surface area contributed by atoms with Crippen LogP contribution in [0.15, 0.2) is 63.9 Å². The second-order valence-corrected chi connectivity index (χ2v) is 9.60. The van der Waals surface area contributed by atoms with E-state index in [0.29, 0.717) is 34.5 Å². The number of halogens is 1. The second-order valence-electron chi connectivity index (χ2n) is 7.71. The molecule has 4 rings (SSSR count). The molecule has 0 N–H and O–H groups in total. The van der Waals surface area contributed by atoms with Crippen LogP contribution in [-0.4, -0.2) is 41.2 Å². The minimum Gasteiger partial charge on any atom is -0.455 e. The number of hydrogen-bond acceptors (Lipinski definition) is 4. The van der Waals surface area contributed by atoms with Gasteiger partial charge < -0.3 is 14.2 Å². The van der Waals surface area contributed by atoms with E-state index in [1.807, 2.05) is 4.90 Å². The van der Waals surface area contributed by atoms with Crippen LogP contribution >= 0.6 is 11.6 Å². The van der Waals surface area contributed by atoms with Crippen LogP contribution in [0.25, 0.3) is 0 Å². The average Bonchev–Trinajstić information content (AvgIpc) is 3.24. The van der Waals surface area contributed by atoms with E-state index in [1.54, 1.807) is 36.4 Å². The van der Waals surface area contributed by atoms with Gasteiger partial charge in [-0.25, -0.2) is 0 Å². The van der Waals surface area contributed by atoms with Gasteiger partial charge in [0.1, 0.15) is 5.76 Å². The highest BCUT2D eigenvalue weighted by Gasteiger charge is 2.25. The Morgan fingerprint density at radius 3 is 2.42 bits per heavy atom.